The molecule has 0 aromatic heterocycles. The minimum Gasteiger partial charge on any atom is -0.756 e. The lowest BCUT2D eigenvalue weighted by molar-refractivity contribution is -0.870. The SMILES string of the molecule is CC/C=C\C/C=C\C/C=C\C/C=C\C/C=C\C/C=C\C/C=C\C/C=C\C/C=C\C/C=C\C/C=C\C/C=C\CCCCCCC(=O)OC(COC(=O)CCCCCCC/C=C\C/C=C\CCCC)COP(=O)([O-])OCC[N+](C)(C)C. The summed E-state index contributed by atoms with van der Waals surface area (Å²) in [6, 6.07) is 0. The van der Waals surface area contributed by atoms with Gasteiger partial charge in [-0.2, -0.15) is 0 Å². The van der Waals surface area contributed by atoms with Crippen LogP contribution in [0.3, 0.4) is 0 Å². The topological polar surface area (TPSA) is 111 Å². The van der Waals surface area contributed by atoms with Crippen LogP contribution < -0.4 is 4.89 Å². The van der Waals surface area contributed by atoms with Crippen LogP contribution >= 0.6 is 7.82 Å². The Morgan fingerprint density at radius 2 is 0.722 bits per heavy atom. The van der Waals surface area contributed by atoms with E-state index in [9.17, 15) is 19.0 Å². The molecule has 0 N–H and O–H groups in total. The predicted molar refractivity (Wildman–Crippen MR) is 336 cm³/mol. The number of esters is 2. The van der Waals surface area contributed by atoms with Crippen LogP contribution in [0.15, 0.2) is 170 Å². The first kappa shape index (κ1) is 74.4. The molecule has 444 valence electrons. The fraction of sp³-hybridized carbons (Fsp3) is 0.565. The van der Waals surface area contributed by atoms with E-state index in [1.807, 2.05) is 21.1 Å². The van der Waals surface area contributed by atoms with E-state index in [2.05, 4.69) is 184 Å². The van der Waals surface area contributed by atoms with E-state index in [0.717, 1.165) is 148 Å². The van der Waals surface area contributed by atoms with Crippen LogP contribution in [-0.4, -0.2) is 70.0 Å². The molecule has 9 nitrogen and oxygen atoms in total. The van der Waals surface area contributed by atoms with Crippen molar-refractivity contribution in [1.29, 1.82) is 0 Å². The summed E-state index contributed by atoms with van der Waals surface area (Å²) in [5, 5.41) is 0. The zero-order valence-electron chi connectivity index (χ0n) is 50.2. The Balaban J connectivity index is 4.20. The van der Waals surface area contributed by atoms with E-state index in [1.54, 1.807) is 0 Å². The van der Waals surface area contributed by atoms with E-state index in [-0.39, 0.29) is 26.1 Å². The maximum Gasteiger partial charge on any atom is 0.306 e. The lowest BCUT2D eigenvalue weighted by atomic mass is 10.1. The van der Waals surface area contributed by atoms with E-state index in [1.165, 1.54) is 12.8 Å². The summed E-state index contributed by atoms with van der Waals surface area (Å²) in [5.74, 6) is -0.894. The number of hydrogen-bond donors (Lipinski definition) is 0. The number of nitrogens with zero attached hydrogens (tertiary/aromatic N) is 1. The average molecular weight is 1110 g/mol. The summed E-state index contributed by atoms with van der Waals surface area (Å²) in [4.78, 5) is 37.8. The van der Waals surface area contributed by atoms with Gasteiger partial charge in [-0.1, -0.05) is 229 Å². The number of quaternary nitrogens is 1. The molecular weight excluding hydrogens is 1000 g/mol. The molecule has 2 unspecified atom stereocenters. The van der Waals surface area contributed by atoms with Gasteiger partial charge < -0.3 is 27.9 Å². The number of rotatable bonds is 53. The smallest absolute Gasteiger partial charge is 0.306 e. The van der Waals surface area contributed by atoms with Gasteiger partial charge in [0.1, 0.15) is 19.8 Å². The van der Waals surface area contributed by atoms with Crippen LogP contribution in [0.4, 0.5) is 0 Å². The molecule has 0 bridgehead atoms. The fourth-order valence-electron chi connectivity index (χ4n) is 7.30. The second-order valence-electron chi connectivity index (χ2n) is 20.6. The number of carbonyl (C=O) groups excluding carboxylic acids is 2. The standard InChI is InChI=1S/C69H110NO8P/c1-6-8-10-12-14-16-18-20-22-23-24-25-26-27-28-29-30-31-32-33-34-35-36-37-38-39-40-41-42-43-44-45-46-47-48-50-52-54-56-58-60-62-69(72)78-67(66-77-79(73,74)76-64-63-70(3,4)5)65-75-68(71)61-59-57-55-53-51-49-21-19-17-15-13-11-9-7-2/h8,10,13-16,19-22,24-25,27-28,30-31,33-34,36-37,39-40,42-43,45-46,48,50,67H,6-7,9,11-12,17-18,23,26,29,32,35,38,41,44,47,49,51-66H2,1-5H3/b10-8-,15-13-,16-14-,21-19-,22-20-,25-24-,28-27-,31-30-,34-33-,37-36-,40-39-,43-42-,46-45-,50-48-. The Morgan fingerprint density at radius 1 is 0.405 bits per heavy atom. The molecule has 0 radical (unpaired) electrons. The third-order valence-corrected chi connectivity index (χ3v) is 12.9. The van der Waals surface area contributed by atoms with Crippen LogP contribution in [0.5, 0.6) is 0 Å². The molecule has 0 aliphatic rings. The van der Waals surface area contributed by atoms with E-state index < -0.39 is 32.5 Å². The molecule has 79 heavy (non-hydrogen) atoms. The first-order valence-corrected chi connectivity index (χ1v) is 31.8. The Kier molecular flexibility index (Phi) is 54.6. The quantitative estimate of drug-likeness (QED) is 0.0195. The van der Waals surface area contributed by atoms with Gasteiger partial charge in [0.25, 0.3) is 7.82 Å². The molecule has 0 spiro atoms. The van der Waals surface area contributed by atoms with Gasteiger partial charge in [0.15, 0.2) is 6.10 Å². The molecule has 0 heterocycles. The molecule has 0 aliphatic heterocycles. The molecule has 0 saturated carbocycles. The lowest BCUT2D eigenvalue weighted by Gasteiger charge is -2.28. The largest absolute Gasteiger partial charge is 0.756 e. The predicted octanol–water partition coefficient (Wildman–Crippen LogP) is 18.8. The highest BCUT2D eigenvalue weighted by atomic mass is 31.2. The van der Waals surface area contributed by atoms with Gasteiger partial charge >= 0.3 is 11.9 Å². The highest BCUT2D eigenvalue weighted by Crippen LogP contribution is 2.38. The zero-order chi connectivity index (χ0) is 57.7. The van der Waals surface area contributed by atoms with Crippen molar-refractivity contribution >= 4 is 19.8 Å². The van der Waals surface area contributed by atoms with Crippen molar-refractivity contribution in [3.63, 3.8) is 0 Å². The number of allylic oxidation sites excluding steroid dienone is 28. The monoisotopic (exact) mass is 1110 g/mol. The van der Waals surface area contributed by atoms with Gasteiger partial charge in [-0.15, -0.1) is 0 Å². The normalized spacial score (nSPS) is 14.5. The molecule has 0 aromatic carbocycles. The highest BCUT2D eigenvalue weighted by Gasteiger charge is 2.21. The van der Waals surface area contributed by atoms with Crippen molar-refractivity contribution in [3.05, 3.63) is 170 Å². The Bertz CT molecular complexity index is 1930. The van der Waals surface area contributed by atoms with Gasteiger partial charge in [-0.25, -0.2) is 0 Å². The van der Waals surface area contributed by atoms with E-state index in [0.29, 0.717) is 23.9 Å². The lowest BCUT2D eigenvalue weighted by Crippen LogP contribution is -2.37. The molecule has 0 saturated heterocycles. The van der Waals surface area contributed by atoms with Crippen molar-refractivity contribution in [1.82, 2.24) is 0 Å². The van der Waals surface area contributed by atoms with Gasteiger partial charge in [0.05, 0.1) is 27.7 Å². The summed E-state index contributed by atoms with van der Waals surface area (Å²) >= 11 is 0. The molecule has 0 aromatic rings. The number of phosphoric ester groups is 1. The zero-order valence-corrected chi connectivity index (χ0v) is 51.1. The average Bonchev–Trinajstić information content (AvgIpc) is 3.41. The van der Waals surface area contributed by atoms with Crippen LogP contribution in [0, 0.1) is 0 Å². The Morgan fingerprint density at radius 3 is 1.08 bits per heavy atom. The minimum atomic E-state index is -4.66. The summed E-state index contributed by atoms with van der Waals surface area (Å²) in [7, 11) is 1.11. The van der Waals surface area contributed by atoms with Crippen molar-refractivity contribution in [2.45, 2.75) is 206 Å². The Hall–Kier alpha value is -4.63. The third-order valence-electron chi connectivity index (χ3n) is 12.0. The van der Waals surface area contributed by atoms with Gasteiger partial charge in [-0.05, 0) is 128 Å². The van der Waals surface area contributed by atoms with Gasteiger partial charge in [0, 0.05) is 12.8 Å². The fourth-order valence-corrected chi connectivity index (χ4v) is 8.03. The molecule has 0 rings (SSSR count). The summed E-state index contributed by atoms with van der Waals surface area (Å²) in [6.07, 6.45) is 88.4. The highest BCUT2D eigenvalue weighted by molar-refractivity contribution is 7.45. The second kappa shape index (κ2) is 58.0. The van der Waals surface area contributed by atoms with E-state index >= 15 is 0 Å². The number of carbonyl (C=O) groups is 2. The van der Waals surface area contributed by atoms with Crippen molar-refractivity contribution < 1.29 is 42.1 Å². The number of phosphoric acid groups is 1. The maximum atomic E-state index is 12.8. The molecule has 0 aliphatic carbocycles. The molecular formula is C69H110NO8P. The van der Waals surface area contributed by atoms with Crippen LogP contribution in [0.25, 0.3) is 0 Å². The summed E-state index contributed by atoms with van der Waals surface area (Å²) in [5.41, 5.74) is 0. The van der Waals surface area contributed by atoms with Crippen molar-refractivity contribution in [2.24, 2.45) is 0 Å². The van der Waals surface area contributed by atoms with Crippen molar-refractivity contribution in [3.8, 4) is 0 Å². The maximum absolute atomic E-state index is 12.8. The first-order chi connectivity index (χ1) is 38.5. The van der Waals surface area contributed by atoms with Crippen LogP contribution in [0.1, 0.15) is 200 Å². The molecule has 0 amide bonds. The number of unbranched alkanes of at least 4 members (excludes halogenated alkanes) is 11. The van der Waals surface area contributed by atoms with Crippen LogP contribution in [0.2, 0.25) is 0 Å². The first-order valence-electron chi connectivity index (χ1n) is 30.3. The summed E-state index contributed by atoms with van der Waals surface area (Å²) < 4.78 is 34.0. The number of hydrogen-bond acceptors (Lipinski definition) is 8. The van der Waals surface area contributed by atoms with Crippen LogP contribution in [-0.2, 0) is 32.7 Å². The molecule has 2 atom stereocenters. The summed E-state index contributed by atoms with van der Waals surface area (Å²) in [6.45, 7) is 4.00. The van der Waals surface area contributed by atoms with Gasteiger partial charge in [-0.3, -0.25) is 14.2 Å². The van der Waals surface area contributed by atoms with Crippen molar-refractivity contribution in [2.75, 3.05) is 47.5 Å². The molecule has 10 heteroatoms. The second-order valence-corrected chi connectivity index (χ2v) is 22.0. The number of likely N-dealkylation sites (N-methyl/N-ethyl adjacent to an activating group) is 1. The molecule has 0 fully saturated rings. The van der Waals surface area contributed by atoms with Gasteiger partial charge in [0.2, 0.25) is 0 Å². The third kappa shape index (κ3) is 62.4. The minimum absolute atomic E-state index is 0.0478. The Labute approximate surface area is 483 Å². The van der Waals surface area contributed by atoms with E-state index in [4.69, 9.17) is 18.5 Å². The number of ether oxygens (including phenoxy) is 2.